The average molecular weight is 327 g/mol. The average Bonchev–Trinajstić information content (AvgIpc) is 3.16. The fourth-order valence-electron chi connectivity index (χ4n) is 2.58. The molecule has 1 saturated heterocycles. The van der Waals surface area contributed by atoms with Gasteiger partial charge >= 0.3 is 0 Å². The lowest BCUT2D eigenvalue weighted by Gasteiger charge is -2.11. The lowest BCUT2D eigenvalue weighted by molar-refractivity contribution is -0.125. The van der Waals surface area contributed by atoms with Crippen LogP contribution in [0.1, 0.15) is 12.0 Å². The topological polar surface area (TPSA) is 56.8 Å². The van der Waals surface area contributed by atoms with Crippen LogP contribution in [0.2, 0.25) is 0 Å². The molecule has 24 heavy (non-hydrogen) atoms. The van der Waals surface area contributed by atoms with E-state index < -0.39 is 0 Å². The number of nitrogens with one attached hydrogen (secondary N) is 1. The van der Waals surface area contributed by atoms with Crippen LogP contribution in [0.15, 0.2) is 48.5 Å². The van der Waals surface area contributed by atoms with Crippen LogP contribution in [-0.2, 0) is 16.1 Å². The van der Waals surface area contributed by atoms with Crippen molar-refractivity contribution in [3.8, 4) is 17.2 Å². The monoisotopic (exact) mass is 327 g/mol. The number of rotatable bonds is 6. The van der Waals surface area contributed by atoms with Crippen molar-refractivity contribution < 1.29 is 19.0 Å². The van der Waals surface area contributed by atoms with Crippen molar-refractivity contribution in [2.75, 3.05) is 20.3 Å². The summed E-state index contributed by atoms with van der Waals surface area (Å²) in [5.41, 5.74) is 1.02. The highest BCUT2D eigenvalue weighted by Gasteiger charge is 2.22. The van der Waals surface area contributed by atoms with Gasteiger partial charge in [-0.05, 0) is 36.2 Å². The van der Waals surface area contributed by atoms with Crippen LogP contribution in [0.4, 0.5) is 0 Å². The molecule has 0 spiro atoms. The van der Waals surface area contributed by atoms with Gasteiger partial charge in [0.25, 0.3) is 0 Å². The van der Waals surface area contributed by atoms with E-state index >= 15 is 0 Å². The molecule has 0 aromatic heterocycles. The van der Waals surface area contributed by atoms with Gasteiger partial charge in [0.2, 0.25) is 5.91 Å². The van der Waals surface area contributed by atoms with Crippen molar-refractivity contribution in [3.63, 3.8) is 0 Å². The van der Waals surface area contributed by atoms with Gasteiger partial charge in [0.05, 0.1) is 19.6 Å². The number of hydrogen-bond donors (Lipinski definition) is 1. The summed E-state index contributed by atoms with van der Waals surface area (Å²) in [7, 11) is 1.61. The molecule has 1 atom stereocenters. The van der Waals surface area contributed by atoms with Gasteiger partial charge in [0.15, 0.2) is 11.5 Å². The number of hydrogen-bond acceptors (Lipinski definition) is 4. The standard InChI is InChI=1S/C19H21NO4/c1-22-17-4-2-3-5-18(17)24-16-8-6-14(7-9-16)12-20-19(21)15-10-11-23-13-15/h2-9,15H,10-13H2,1H3,(H,20,21)/t15-/m1/s1. The Labute approximate surface area is 141 Å². The first-order valence-electron chi connectivity index (χ1n) is 8.01. The van der Waals surface area contributed by atoms with E-state index in [1.807, 2.05) is 48.5 Å². The van der Waals surface area contributed by atoms with E-state index in [0.29, 0.717) is 31.3 Å². The molecule has 0 radical (unpaired) electrons. The molecule has 0 aliphatic carbocycles. The van der Waals surface area contributed by atoms with Crippen molar-refractivity contribution in [1.82, 2.24) is 5.32 Å². The van der Waals surface area contributed by atoms with Crippen LogP contribution in [-0.4, -0.2) is 26.2 Å². The SMILES string of the molecule is COc1ccccc1Oc1ccc(CNC(=O)[C@@H]2CCOC2)cc1. The highest BCUT2D eigenvalue weighted by atomic mass is 16.5. The zero-order valence-corrected chi connectivity index (χ0v) is 13.7. The van der Waals surface area contributed by atoms with E-state index in [1.165, 1.54) is 0 Å². The summed E-state index contributed by atoms with van der Waals surface area (Å²) in [4.78, 5) is 12.0. The van der Waals surface area contributed by atoms with Gasteiger partial charge in [-0.2, -0.15) is 0 Å². The normalized spacial score (nSPS) is 16.6. The van der Waals surface area contributed by atoms with Gasteiger partial charge < -0.3 is 19.5 Å². The molecular weight excluding hydrogens is 306 g/mol. The third-order valence-electron chi connectivity index (χ3n) is 3.99. The minimum Gasteiger partial charge on any atom is -0.493 e. The fraction of sp³-hybridized carbons (Fsp3) is 0.316. The number of amides is 1. The van der Waals surface area contributed by atoms with Gasteiger partial charge in [-0.3, -0.25) is 4.79 Å². The molecule has 1 aliphatic heterocycles. The molecule has 5 nitrogen and oxygen atoms in total. The summed E-state index contributed by atoms with van der Waals surface area (Å²) in [5, 5.41) is 2.95. The molecule has 5 heteroatoms. The number of methoxy groups -OCH3 is 1. The van der Waals surface area contributed by atoms with Crippen LogP contribution < -0.4 is 14.8 Å². The molecule has 2 aromatic rings. The first kappa shape index (κ1) is 16.3. The summed E-state index contributed by atoms with van der Waals surface area (Å²) in [5.74, 6) is 2.12. The van der Waals surface area contributed by atoms with E-state index in [-0.39, 0.29) is 11.8 Å². The van der Waals surface area contributed by atoms with Crippen molar-refractivity contribution >= 4 is 5.91 Å². The quantitative estimate of drug-likeness (QED) is 0.885. The van der Waals surface area contributed by atoms with Crippen LogP contribution in [0.25, 0.3) is 0 Å². The molecule has 1 heterocycles. The van der Waals surface area contributed by atoms with Crippen molar-refractivity contribution in [2.24, 2.45) is 5.92 Å². The summed E-state index contributed by atoms with van der Waals surface area (Å²) in [6.45, 7) is 1.70. The number of carbonyl (C=O) groups is 1. The van der Waals surface area contributed by atoms with Crippen molar-refractivity contribution in [3.05, 3.63) is 54.1 Å². The second-order valence-electron chi connectivity index (χ2n) is 5.68. The molecule has 1 amide bonds. The smallest absolute Gasteiger partial charge is 0.225 e. The predicted octanol–water partition coefficient (Wildman–Crippen LogP) is 3.14. The predicted molar refractivity (Wildman–Crippen MR) is 90.3 cm³/mol. The number of para-hydroxylation sites is 2. The zero-order chi connectivity index (χ0) is 16.8. The van der Waals surface area contributed by atoms with E-state index in [4.69, 9.17) is 14.2 Å². The first-order valence-corrected chi connectivity index (χ1v) is 8.01. The Balaban J connectivity index is 1.56. The Morgan fingerprint density at radius 2 is 1.92 bits per heavy atom. The first-order chi connectivity index (χ1) is 11.8. The maximum atomic E-state index is 12.0. The van der Waals surface area contributed by atoms with E-state index in [9.17, 15) is 4.79 Å². The third-order valence-corrected chi connectivity index (χ3v) is 3.99. The fourth-order valence-corrected chi connectivity index (χ4v) is 2.58. The minimum absolute atomic E-state index is 0.0156. The minimum atomic E-state index is -0.0156. The van der Waals surface area contributed by atoms with Crippen LogP contribution in [0, 0.1) is 5.92 Å². The molecule has 2 aromatic carbocycles. The Hall–Kier alpha value is -2.53. The van der Waals surface area contributed by atoms with Crippen molar-refractivity contribution in [2.45, 2.75) is 13.0 Å². The molecule has 1 fully saturated rings. The zero-order valence-electron chi connectivity index (χ0n) is 13.7. The Morgan fingerprint density at radius 1 is 1.17 bits per heavy atom. The second kappa shape index (κ2) is 7.84. The molecule has 1 aliphatic rings. The van der Waals surface area contributed by atoms with E-state index in [1.54, 1.807) is 7.11 Å². The maximum absolute atomic E-state index is 12.0. The Kier molecular flexibility index (Phi) is 5.33. The molecule has 1 N–H and O–H groups in total. The van der Waals surface area contributed by atoms with Gasteiger partial charge in [-0.1, -0.05) is 24.3 Å². The summed E-state index contributed by atoms with van der Waals surface area (Å²) in [6.07, 6.45) is 0.803. The Bertz CT molecular complexity index is 678. The number of ether oxygens (including phenoxy) is 3. The van der Waals surface area contributed by atoms with Gasteiger partial charge in [0.1, 0.15) is 5.75 Å². The molecule has 0 saturated carbocycles. The van der Waals surface area contributed by atoms with E-state index in [2.05, 4.69) is 5.32 Å². The molecule has 126 valence electrons. The number of benzene rings is 2. The largest absolute Gasteiger partial charge is 0.493 e. The molecule has 0 bridgehead atoms. The van der Waals surface area contributed by atoms with Crippen LogP contribution in [0.5, 0.6) is 17.2 Å². The summed E-state index contributed by atoms with van der Waals surface area (Å²) < 4.78 is 16.3. The summed E-state index contributed by atoms with van der Waals surface area (Å²) >= 11 is 0. The van der Waals surface area contributed by atoms with Gasteiger partial charge in [0, 0.05) is 13.2 Å². The molecule has 3 rings (SSSR count). The highest BCUT2D eigenvalue weighted by molar-refractivity contribution is 5.78. The second-order valence-corrected chi connectivity index (χ2v) is 5.68. The third kappa shape index (κ3) is 4.06. The van der Waals surface area contributed by atoms with E-state index in [0.717, 1.165) is 17.7 Å². The molecule has 0 unspecified atom stereocenters. The highest BCUT2D eigenvalue weighted by Crippen LogP contribution is 2.30. The summed E-state index contributed by atoms with van der Waals surface area (Å²) in [6, 6.07) is 15.1. The van der Waals surface area contributed by atoms with Gasteiger partial charge in [-0.25, -0.2) is 0 Å². The van der Waals surface area contributed by atoms with Crippen molar-refractivity contribution in [1.29, 1.82) is 0 Å². The van der Waals surface area contributed by atoms with Crippen LogP contribution >= 0.6 is 0 Å². The van der Waals surface area contributed by atoms with Gasteiger partial charge in [-0.15, -0.1) is 0 Å². The molecular formula is C19H21NO4. The Morgan fingerprint density at radius 3 is 2.58 bits per heavy atom. The number of carbonyl (C=O) groups excluding carboxylic acids is 1. The lowest BCUT2D eigenvalue weighted by Crippen LogP contribution is -2.30. The van der Waals surface area contributed by atoms with Crippen LogP contribution in [0.3, 0.4) is 0 Å². The lowest BCUT2D eigenvalue weighted by atomic mass is 10.1. The maximum Gasteiger partial charge on any atom is 0.225 e.